The van der Waals surface area contributed by atoms with Crippen molar-refractivity contribution in [3.63, 3.8) is 0 Å². The van der Waals surface area contributed by atoms with E-state index in [-0.39, 0.29) is 18.9 Å². The number of carboxylic acid groups (broad SMARTS) is 1. The molecule has 25 heavy (non-hydrogen) atoms. The quantitative estimate of drug-likeness (QED) is 0.508. The van der Waals surface area contributed by atoms with Gasteiger partial charge in [-0.2, -0.15) is 0 Å². The van der Waals surface area contributed by atoms with Crippen molar-refractivity contribution in [3.05, 3.63) is 30.3 Å². The first kappa shape index (κ1) is 21.6. The molecule has 1 aromatic rings. The van der Waals surface area contributed by atoms with Gasteiger partial charge in [0.1, 0.15) is 6.29 Å². The van der Waals surface area contributed by atoms with Gasteiger partial charge in [0.15, 0.2) is 0 Å². The second kappa shape index (κ2) is 13.8. The van der Waals surface area contributed by atoms with Crippen molar-refractivity contribution in [2.45, 2.75) is 30.2 Å². The smallest absolute Gasteiger partial charge is 0.303 e. The minimum absolute atomic E-state index is 0.0521. The van der Waals surface area contributed by atoms with Crippen molar-refractivity contribution < 1.29 is 19.4 Å². The number of hydrogen-bond donors (Lipinski definition) is 2. The summed E-state index contributed by atoms with van der Waals surface area (Å²) in [6.07, 6.45) is 1.73. The van der Waals surface area contributed by atoms with Gasteiger partial charge in [-0.05, 0) is 25.1 Å². The van der Waals surface area contributed by atoms with Gasteiger partial charge in [-0.1, -0.05) is 18.2 Å². The molecule has 3 N–H and O–H groups in total. The number of hydrogen-bond acceptors (Lipinski definition) is 6. The summed E-state index contributed by atoms with van der Waals surface area (Å²) >= 11 is 1.85. The predicted molar refractivity (Wildman–Crippen MR) is 100.0 cm³/mol. The van der Waals surface area contributed by atoms with Gasteiger partial charge in [0.25, 0.3) is 0 Å². The molecule has 0 aromatic heterocycles. The third-order valence-corrected chi connectivity index (χ3v) is 4.80. The first-order valence-electron chi connectivity index (χ1n) is 8.50. The summed E-state index contributed by atoms with van der Waals surface area (Å²) in [6.45, 7) is 4.94. The molecule has 0 bridgehead atoms. The largest absolute Gasteiger partial charge is 0.481 e. The number of nitrogens with two attached hydrogens (primary N) is 1. The summed E-state index contributed by atoms with van der Waals surface area (Å²) in [5, 5.41) is 7.89. The van der Waals surface area contributed by atoms with E-state index in [1.54, 1.807) is 0 Å². The van der Waals surface area contributed by atoms with Crippen LogP contribution in [0, 0.1) is 0 Å². The summed E-state index contributed by atoms with van der Waals surface area (Å²) in [4.78, 5) is 22.8. The Morgan fingerprint density at radius 3 is 2.56 bits per heavy atom. The molecule has 0 radical (unpaired) electrons. The molecule has 2 rings (SSSR count). The molecule has 1 saturated heterocycles. The molecule has 0 saturated carbocycles. The lowest BCUT2D eigenvalue weighted by Crippen LogP contribution is -2.39. The van der Waals surface area contributed by atoms with E-state index in [2.05, 4.69) is 29.2 Å². The van der Waals surface area contributed by atoms with E-state index in [4.69, 9.17) is 15.6 Å². The van der Waals surface area contributed by atoms with Crippen LogP contribution < -0.4 is 5.73 Å². The number of aliphatic carboxylic acids is 1. The van der Waals surface area contributed by atoms with Crippen molar-refractivity contribution in [2.75, 3.05) is 38.6 Å². The summed E-state index contributed by atoms with van der Waals surface area (Å²) in [5.74, 6) is 0.0704. The lowest BCUT2D eigenvalue weighted by atomic mass is 10.2. The lowest BCUT2D eigenvalue weighted by molar-refractivity contribution is -0.137. The Balaban J connectivity index is 0.000000381. The van der Waals surface area contributed by atoms with Crippen LogP contribution >= 0.6 is 11.8 Å². The average Bonchev–Trinajstić information content (AvgIpc) is 2.65. The molecule has 7 heteroatoms. The molecular formula is C18H28N2O4S. The molecule has 1 aliphatic rings. The summed E-state index contributed by atoms with van der Waals surface area (Å²) in [6, 6.07) is 10.7. The van der Waals surface area contributed by atoms with E-state index in [1.807, 2.05) is 17.8 Å². The first-order chi connectivity index (χ1) is 12.1. The third-order valence-electron chi connectivity index (χ3n) is 3.60. The standard InChI is InChI=1S/C14H22N2OS.C4H6O3/c15-13(6-7-16-8-10-17-11-9-16)12-18-14-4-2-1-3-5-14;5-3-1-2-4(6)7/h1-5,13H,6-12,15H2;3H,1-2H2,(H,6,7). The van der Waals surface area contributed by atoms with Gasteiger partial charge >= 0.3 is 5.97 Å². The minimum Gasteiger partial charge on any atom is -0.481 e. The van der Waals surface area contributed by atoms with Gasteiger partial charge in [-0.25, -0.2) is 0 Å². The molecule has 0 aliphatic carbocycles. The molecular weight excluding hydrogens is 340 g/mol. The number of benzene rings is 1. The Kier molecular flexibility index (Phi) is 12.0. The van der Waals surface area contributed by atoms with E-state index in [1.165, 1.54) is 4.90 Å². The van der Waals surface area contributed by atoms with Crippen LogP contribution in [-0.2, 0) is 14.3 Å². The zero-order valence-corrected chi connectivity index (χ0v) is 15.3. The molecule has 140 valence electrons. The fourth-order valence-corrected chi connectivity index (χ4v) is 3.08. The number of nitrogens with zero attached hydrogens (tertiary/aromatic N) is 1. The maximum Gasteiger partial charge on any atom is 0.303 e. The third kappa shape index (κ3) is 11.7. The maximum absolute atomic E-state index is 9.60. The molecule has 1 unspecified atom stereocenters. The van der Waals surface area contributed by atoms with Crippen LogP contribution in [0.4, 0.5) is 0 Å². The monoisotopic (exact) mass is 368 g/mol. The number of ether oxygens (including phenoxy) is 1. The summed E-state index contributed by atoms with van der Waals surface area (Å²) in [5.41, 5.74) is 6.16. The Morgan fingerprint density at radius 1 is 1.32 bits per heavy atom. The molecule has 0 amide bonds. The Morgan fingerprint density at radius 2 is 2.00 bits per heavy atom. The fourth-order valence-electron chi connectivity index (χ4n) is 2.16. The molecule has 1 fully saturated rings. The minimum atomic E-state index is -0.924. The SMILES string of the molecule is NC(CCN1CCOCC1)CSc1ccccc1.O=CCCC(=O)O. The van der Waals surface area contributed by atoms with Gasteiger partial charge in [-0.3, -0.25) is 9.69 Å². The van der Waals surface area contributed by atoms with Crippen molar-refractivity contribution in [1.82, 2.24) is 4.90 Å². The van der Waals surface area contributed by atoms with Crippen LogP contribution in [0.1, 0.15) is 19.3 Å². The number of morpholine rings is 1. The highest BCUT2D eigenvalue weighted by atomic mass is 32.2. The van der Waals surface area contributed by atoms with Crippen molar-refractivity contribution >= 4 is 24.0 Å². The highest BCUT2D eigenvalue weighted by Gasteiger charge is 2.12. The van der Waals surface area contributed by atoms with Gasteiger partial charge < -0.3 is 20.4 Å². The van der Waals surface area contributed by atoms with E-state index >= 15 is 0 Å². The zero-order chi connectivity index (χ0) is 18.3. The van der Waals surface area contributed by atoms with E-state index < -0.39 is 5.97 Å². The maximum atomic E-state index is 9.60. The van der Waals surface area contributed by atoms with Crippen molar-refractivity contribution in [1.29, 1.82) is 0 Å². The molecule has 1 atom stereocenters. The molecule has 6 nitrogen and oxygen atoms in total. The van der Waals surface area contributed by atoms with Gasteiger partial charge in [-0.15, -0.1) is 11.8 Å². The normalized spacial score (nSPS) is 15.7. The van der Waals surface area contributed by atoms with Crippen LogP contribution in [0.5, 0.6) is 0 Å². The Labute approximate surface area is 153 Å². The van der Waals surface area contributed by atoms with E-state index in [9.17, 15) is 9.59 Å². The van der Waals surface area contributed by atoms with Gasteiger partial charge in [0.2, 0.25) is 0 Å². The zero-order valence-electron chi connectivity index (χ0n) is 14.5. The highest BCUT2D eigenvalue weighted by molar-refractivity contribution is 7.99. The number of carboxylic acids is 1. The molecule has 1 aromatic carbocycles. The van der Waals surface area contributed by atoms with Crippen LogP contribution in [0.25, 0.3) is 0 Å². The van der Waals surface area contributed by atoms with Crippen LogP contribution in [0.2, 0.25) is 0 Å². The lowest BCUT2D eigenvalue weighted by Gasteiger charge is -2.27. The van der Waals surface area contributed by atoms with Crippen LogP contribution in [0.3, 0.4) is 0 Å². The van der Waals surface area contributed by atoms with Gasteiger partial charge in [0.05, 0.1) is 19.6 Å². The number of thioether (sulfide) groups is 1. The number of rotatable bonds is 9. The molecule has 1 heterocycles. The van der Waals surface area contributed by atoms with Crippen LogP contribution in [0.15, 0.2) is 35.2 Å². The fraction of sp³-hybridized carbons (Fsp3) is 0.556. The van der Waals surface area contributed by atoms with Gasteiger partial charge in [0, 0.05) is 36.2 Å². The number of aldehydes is 1. The Bertz CT molecular complexity index is 481. The van der Waals surface area contributed by atoms with Crippen molar-refractivity contribution in [3.8, 4) is 0 Å². The first-order valence-corrected chi connectivity index (χ1v) is 9.49. The highest BCUT2D eigenvalue weighted by Crippen LogP contribution is 2.18. The second-order valence-corrected chi connectivity index (χ2v) is 6.82. The van der Waals surface area contributed by atoms with Crippen molar-refractivity contribution in [2.24, 2.45) is 5.73 Å². The van der Waals surface area contributed by atoms with E-state index in [0.717, 1.165) is 45.0 Å². The molecule has 0 spiro atoms. The van der Waals surface area contributed by atoms with E-state index in [0.29, 0.717) is 6.29 Å². The topological polar surface area (TPSA) is 92.9 Å². The summed E-state index contributed by atoms with van der Waals surface area (Å²) in [7, 11) is 0. The average molecular weight is 368 g/mol. The number of carbonyl (C=O) groups excluding carboxylic acids is 1. The number of carbonyl (C=O) groups is 2. The second-order valence-electron chi connectivity index (χ2n) is 5.73. The van der Waals surface area contributed by atoms with Crippen LogP contribution in [-0.4, -0.2) is 66.9 Å². The predicted octanol–water partition coefficient (Wildman–Crippen LogP) is 1.88. The Hall–Kier alpha value is -1.41. The summed E-state index contributed by atoms with van der Waals surface area (Å²) < 4.78 is 5.33. The molecule has 1 aliphatic heterocycles.